The number of carbonyl (C=O) groups is 1. The third-order valence-corrected chi connectivity index (χ3v) is 6.59. The van der Waals surface area contributed by atoms with Crippen molar-refractivity contribution in [2.24, 2.45) is 5.41 Å². The van der Waals surface area contributed by atoms with Gasteiger partial charge in [0.1, 0.15) is 28.7 Å². The molecule has 2 aliphatic rings. The van der Waals surface area contributed by atoms with Crippen LogP contribution in [0.4, 0.5) is 10.6 Å². The number of nitrogens with zero attached hydrogens (tertiary/aromatic N) is 4. The van der Waals surface area contributed by atoms with E-state index in [1.165, 1.54) is 0 Å². The Bertz CT molecular complexity index is 1060. The number of aromatic nitrogens is 2. The number of piperidine rings is 1. The van der Waals surface area contributed by atoms with Crippen LogP contribution < -0.4 is 5.73 Å². The highest BCUT2D eigenvalue weighted by molar-refractivity contribution is 5.73. The molecule has 1 saturated carbocycles. The summed E-state index contributed by atoms with van der Waals surface area (Å²) in [7, 11) is 1.66. The first-order chi connectivity index (χ1) is 15.6. The van der Waals surface area contributed by atoms with Gasteiger partial charge in [0, 0.05) is 25.8 Å². The molecule has 0 unspecified atom stereocenters. The number of carbonyl (C=O) groups excluding carboxylic acids is 1. The molecule has 0 atom stereocenters. The SMILES string of the molecule is COCc1ccc(-c2nn(C3CC4(CCCN(C(=O)OC(C)(C)C)C4)C3)c(N)c2C#N)cc1. The molecule has 176 valence electrons. The van der Waals surface area contributed by atoms with Gasteiger partial charge in [-0.3, -0.25) is 0 Å². The minimum absolute atomic E-state index is 0.0625. The monoisotopic (exact) mass is 451 g/mol. The van der Waals surface area contributed by atoms with E-state index in [4.69, 9.17) is 20.3 Å². The summed E-state index contributed by atoms with van der Waals surface area (Å²) in [6.07, 6.45) is 3.56. The number of methoxy groups -OCH3 is 1. The van der Waals surface area contributed by atoms with Crippen LogP contribution in [-0.2, 0) is 16.1 Å². The molecular weight excluding hydrogens is 418 g/mol. The van der Waals surface area contributed by atoms with Gasteiger partial charge in [0.05, 0.1) is 12.6 Å². The summed E-state index contributed by atoms with van der Waals surface area (Å²) in [5, 5.41) is 14.5. The van der Waals surface area contributed by atoms with E-state index in [-0.39, 0.29) is 17.6 Å². The second kappa shape index (κ2) is 8.71. The Labute approximate surface area is 195 Å². The number of ether oxygens (including phenoxy) is 2. The molecule has 1 saturated heterocycles. The smallest absolute Gasteiger partial charge is 0.410 e. The molecule has 1 aliphatic heterocycles. The van der Waals surface area contributed by atoms with Crippen molar-refractivity contribution < 1.29 is 14.3 Å². The maximum atomic E-state index is 12.6. The second-order valence-corrected chi connectivity index (χ2v) is 10.4. The lowest BCUT2D eigenvalue weighted by Crippen LogP contribution is -2.53. The molecular formula is C25H33N5O3. The van der Waals surface area contributed by atoms with E-state index in [9.17, 15) is 10.1 Å². The summed E-state index contributed by atoms with van der Waals surface area (Å²) >= 11 is 0. The average molecular weight is 452 g/mol. The Morgan fingerprint density at radius 3 is 2.61 bits per heavy atom. The van der Waals surface area contributed by atoms with Crippen molar-refractivity contribution in [3.63, 3.8) is 0 Å². The van der Waals surface area contributed by atoms with Gasteiger partial charge < -0.3 is 20.1 Å². The second-order valence-electron chi connectivity index (χ2n) is 10.4. The van der Waals surface area contributed by atoms with Gasteiger partial charge in [-0.25, -0.2) is 9.48 Å². The van der Waals surface area contributed by atoms with Crippen LogP contribution in [0.15, 0.2) is 24.3 Å². The van der Waals surface area contributed by atoms with Gasteiger partial charge in [0.25, 0.3) is 0 Å². The molecule has 1 aliphatic carbocycles. The largest absolute Gasteiger partial charge is 0.444 e. The van der Waals surface area contributed by atoms with Gasteiger partial charge in [0.2, 0.25) is 0 Å². The third-order valence-electron chi connectivity index (χ3n) is 6.59. The highest BCUT2D eigenvalue weighted by Crippen LogP contribution is 2.54. The van der Waals surface area contributed by atoms with E-state index >= 15 is 0 Å². The van der Waals surface area contributed by atoms with Crippen molar-refractivity contribution in [2.75, 3.05) is 25.9 Å². The average Bonchev–Trinajstić information content (AvgIpc) is 3.07. The predicted molar refractivity (Wildman–Crippen MR) is 125 cm³/mol. The maximum absolute atomic E-state index is 12.6. The highest BCUT2D eigenvalue weighted by atomic mass is 16.6. The summed E-state index contributed by atoms with van der Waals surface area (Å²) < 4.78 is 12.6. The minimum Gasteiger partial charge on any atom is -0.444 e. The fraction of sp³-hybridized carbons (Fsp3) is 0.560. The molecule has 4 rings (SSSR count). The minimum atomic E-state index is -0.501. The molecule has 0 radical (unpaired) electrons. The first-order valence-corrected chi connectivity index (χ1v) is 11.5. The summed E-state index contributed by atoms with van der Waals surface area (Å²) in [6, 6.07) is 10.2. The molecule has 33 heavy (non-hydrogen) atoms. The summed E-state index contributed by atoms with van der Waals surface area (Å²) in [6.45, 7) is 7.62. The van der Waals surface area contributed by atoms with Gasteiger partial charge in [-0.1, -0.05) is 24.3 Å². The number of nitrogens with two attached hydrogens (primary N) is 1. The van der Waals surface area contributed by atoms with E-state index in [1.807, 2.05) is 54.6 Å². The molecule has 2 N–H and O–H groups in total. The van der Waals surface area contributed by atoms with E-state index in [0.717, 1.165) is 43.4 Å². The summed E-state index contributed by atoms with van der Waals surface area (Å²) in [5.41, 5.74) is 8.88. The molecule has 1 aromatic heterocycles. The Balaban J connectivity index is 1.49. The van der Waals surface area contributed by atoms with Crippen LogP contribution in [0.3, 0.4) is 0 Å². The number of nitrogen functional groups attached to an aromatic ring is 1. The number of benzene rings is 1. The van der Waals surface area contributed by atoms with Crippen molar-refractivity contribution in [1.29, 1.82) is 5.26 Å². The molecule has 2 heterocycles. The fourth-order valence-electron chi connectivity index (χ4n) is 5.10. The summed E-state index contributed by atoms with van der Waals surface area (Å²) in [4.78, 5) is 14.4. The Morgan fingerprint density at radius 1 is 1.30 bits per heavy atom. The first kappa shape index (κ1) is 23.1. The van der Waals surface area contributed by atoms with Crippen molar-refractivity contribution in [3.05, 3.63) is 35.4 Å². The zero-order valence-corrected chi connectivity index (χ0v) is 19.9. The molecule has 1 aromatic carbocycles. The summed E-state index contributed by atoms with van der Waals surface area (Å²) in [5.74, 6) is 0.410. The number of anilines is 1. The lowest BCUT2D eigenvalue weighted by atomic mass is 9.61. The van der Waals surface area contributed by atoms with Crippen LogP contribution in [0.5, 0.6) is 0 Å². The Kier molecular flexibility index (Phi) is 6.10. The molecule has 1 amide bonds. The van der Waals surface area contributed by atoms with Gasteiger partial charge in [-0.2, -0.15) is 10.4 Å². The van der Waals surface area contributed by atoms with Crippen molar-refractivity contribution in [3.8, 4) is 17.3 Å². The van der Waals surface area contributed by atoms with E-state index < -0.39 is 5.60 Å². The molecule has 2 fully saturated rings. The zero-order chi connectivity index (χ0) is 23.8. The number of likely N-dealkylation sites (tertiary alicyclic amines) is 1. The van der Waals surface area contributed by atoms with E-state index in [2.05, 4.69) is 6.07 Å². The van der Waals surface area contributed by atoms with E-state index in [1.54, 1.807) is 7.11 Å². The number of hydrogen-bond acceptors (Lipinski definition) is 6. The number of nitriles is 1. The number of hydrogen-bond donors (Lipinski definition) is 1. The van der Waals surface area contributed by atoms with Gasteiger partial charge >= 0.3 is 6.09 Å². The van der Waals surface area contributed by atoms with Crippen LogP contribution in [0.1, 0.15) is 63.6 Å². The Morgan fingerprint density at radius 2 is 2.00 bits per heavy atom. The van der Waals surface area contributed by atoms with Crippen LogP contribution in [0.25, 0.3) is 11.3 Å². The normalized spacial score (nSPS) is 22.6. The van der Waals surface area contributed by atoms with Crippen LogP contribution in [0, 0.1) is 16.7 Å². The predicted octanol–water partition coefficient (Wildman–Crippen LogP) is 4.50. The van der Waals surface area contributed by atoms with Crippen molar-refractivity contribution >= 4 is 11.9 Å². The molecule has 0 bridgehead atoms. The van der Waals surface area contributed by atoms with Gasteiger partial charge in [0.15, 0.2) is 0 Å². The van der Waals surface area contributed by atoms with E-state index in [0.29, 0.717) is 30.2 Å². The quantitative estimate of drug-likeness (QED) is 0.733. The lowest BCUT2D eigenvalue weighted by Gasteiger charge is -2.52. The number of amides is 1. The topological polar surface area (TPSA) is 106 Å². The van der Waals surface area contributed by atoms with Crippen LogP contribution >= 0.6 is 0 Å². The molecule has 8 heteroatoms. The molecule has 1 spiro atoms. The zero-order valence-electron chi connectivity index (χ0n) is 19.9. The molecule has 8 nitrogen and oxygen atoms in total. The lowest BCUT2D eigenvalue weighted by molar-refractivity contribution is -0.0360. The van der Waals surface area contributed by atoms with Crippen molar-refractivity contribution in [2.45, 2.75) is 64.7 Å². The third kappa shape index (κ3) is 4.69. The first-order valence-electron chi connectivity index (χ1n) is 11.5. The van der Waals surface area contributed by atoms with Crippen LogP contribution in [-0.4, -0.2) is 46.6 Å². The maximum Gasteiger partial charge on any atom is 0.410 e. The highest BCUT2D eigenvalue weighted by Gasteiger charge is 2.49. The molecule has 2 aromatic rings. The van der Waals surface area contributed by atoms with Gasteiger partial charge in [-0.15, -0.1) is 0 Å². The van der Waals surface area contributed by atoms with Crippen molar-refractivity contribution in [1.82, 2.24) is 14.7 Å². The Hall–Kier alpha value is -3.05. The van der Waals surface area contributed by atoms with Crippen LogP contribution in [0.2, 0.25) is 0 Å². The number of rotatable bonds is 4. The standard InChI is InChI=1S/C25H33N5O3/c1-24(2,3)33-23(31)29-11-5-10-25(16-29)12-19(13-25)30-22(27)20(14-26)21(28-30)18-8-6-17(7-9-18)15-32-4/h6-9,19H,5,10-13,15-16,27H2,1-4H3. The van der Waals surface area contributed by atoms with Gasteiger partial charge in [-0.05, 0) is 57.4 Å². The fourth-order valence-corrected chi connectivity index (χ4v) is 5.10.